The normalized spacial score (nSPS) is 12.4. The zero-order chi connectivity index (χ0) is 13.7. The van der Waals surface area contributed by atoms with Crippen LogP contribution in [0.2, 0.25) is 0 Å². The highest BCUT2D eigenvalue weighted by atomic mass is 79.9. The highest BCUT2D eigenvalue weighted by molar-refractivity contribution is 9.10. The second kappa shape index (κ2) is 6.80. The fourth-order valence-electron chi connectivity index (χ4n) is 1.87. The summed E-state index contributed by atoms with van der Waals surface area (Å²) in [6, 6.07) is 14.4. The third kappa shape index (κ3) is 3.86. The molecule has 2 aromatic carbocycles. The van der Waals surface area contributed by atoms with Crippen LogP contribution in [0.5, 0.6) is 0 Å². The van der Waals surface area contributed by atoms with E-state index >= 15 is 0 Å². The molecule has 2 nitrogen and oxygen atoms in total. The monoisotopic (exact) mass is 323 g/mol. The minimum absolute atomic E-state index is 0.0256. The summed E-state index contributed by atoms with van der Waals surface area (Å²) in [7, 11) is 0. The van der Waals surface area contributed by atoms with E-state index in [9.17, 15) is 9.50 Å². The van der Waals surface area contributed by atoms with Crippen LogP contribution in [0, 0.1) is 5.82 Å². The van der Waals surface area contributed by atoms with Crippen molar-refractivity contribution >= 4 is 15.9 Å². The van der Waals surface area contributed by atoms with Crippen molar-refractivity contribution in [3.05, 3.63) is 69.9 Å². The lowest BCUT2D eigenvalue weighted by molar-refractivity contribution is 0.243. The molecule has 0 spiro atoms. The summed E-state index contributed by atoms with van der Waals surface area (Å²) < 4.78 is 14.4. The van der Waals surface area contributed by atoms with Gasteiger partial charge in [0, 0.05) is 16.6 Å². The van der Waals surface area contributed by atoms with Gasteiger partial charge in [-0.2, -0.15) is 0 Å². The highest BCUT2D eigenvalue weighted by Gasteiger charge is 2.10. The van der Waals surface area contributed by atoms with Gasteiger partial charge >= 0.3 is 0 Å². The summed E-state index contributed by atoms with van der Waals surface area (Å²) >= 11 is 3.23. The molecule has 0 amide bonds. The van der Waals surface area contributed by atoms with E-state index in [-0.39, 0.29) is 18.5 Å². The average molecular weight is 324 g/mol. The van der Waals surface area contributed by atoms with E-state index in [1.807, 2.05) is 30.3 Å². The Kier molecular flexibility index (Phi) is 5.07. The first-order chi connectivity index (χ1) is 9.20. The van der Waals surface area contributed by atoms with Crippen LogP contribution in [0.3, 0.4) is 0 Å². The van der Waals surface area contributed by atoms with Crippen LogP contribution in [-0.2, 0) is 6.54 Å². The second-order valence-corrected chi connectivity index (χ2v) is 5.18. The van der Waals surface area contributed by atoms with Crippen LogP contribution in [0.4, 0.5) is 4.39 Å². The molecular formula is C15H15BrFNO. The van der Waals surface area contributed by atoms with Gasteiger partial charge < -0.3 is 10.4 Å². The number of benzene rings is 2. The Balaban J connectivity index is 2.04. The predicted octanol–water partition coefficient (Wildman–Crippen LogP) is 3.41. The lowest BCUT2D eigenvalue weighted by Crippen LogP contribution is -2.24. The van der Waals surface area contributed by atoms with Gasteiger partial charge in [-0.3, -0.25) is 0 Å². The van der Waals surface area contributed by atoms with Crippen molar-refractivity contribution in [2.45, 2.75) is 12.6 Å². The van der Waals surface area contributed by atoms with Gasteiger partial charge in [-0.15, -0.1) is 0 Å². The molecule has 2 aromatic rings. The van der Waals surface area contributed by atoms with E-state index in [1.165, 1.54) is 6.07 Å². The Morgan fingerprint density at radius 3 is 2.53 bits per heavy atom. The van der Waals surface area contributed by atoms with Gasteiger partial charge in [0.1, 0.15) is 5.82 Å². The zero-order valence-corrected chi connectivity index (χ0v) is 11.9. The fraction of sp³-hybridized carbons (Fsp3) is 0.200. The molecule has 0 fully saturated rings. The first-order valence-electron chi connectivity index (χ1n) is 6.04. The predicted molar refractivity (Wildman–Crippen MR) is 77.2 cm³/mol. The molecule has 0 bridgehead atoms. The number of halogens is 2. The number of aliphatic hydroxyl groups excluding tert-OH is 1. The van der Waals surface area contributed by atoms with Gasteiger partial charge in [0.2, 0.25) is 0 Å². The molecular weight excluding hydrogens is 309 g/mol. The molecule has 0 aliphatic rings. The van der Waals surface area contributed by atoms with Gasteiger partial charge in [-0.1, -0.05) is 52.3 Å². The molecule has 0 unspecified atom stereocenters. The molecule has 0 aliphatic heterocycles. The standard InChI is InChI=1S/C15H15BrFNO/c16-13-7-6-12(14(17)8-13)9-18-15(10-19)11-4-2-1-3-5-11/h1-8,15,18-19H,9-10H2/t15-/m0/s1. The van der Waals surface area contributed by atoms with Crippen LogP contribution in [0.15, 0.2) is 53.0 Å². The first kappa shape index (κ1) is 14.2. The van der Waals surface area contributed by atoms with Crippen molar-refractivity contribution < 1.29 is 9.50 Å². The Bertz CT molecular complexity index is 533. The summed E-state index contributed by atoms with van der Waals surface area (Å²) in [4.78, 5) is 0. The number of hydrogen-bond donors (Lipinski definition) is 2. The number of nitrogens with one attached hydrogen (secondary N) is 1. The first-order valence-corrected chi connectivity index (χ1v) is 6.83. The Hall–Kier alpha value is -1.23. The average Bonchev–Trinajstić information content (AvgIpc) is 2.43. The van der Waals surface area contributed by atoms with Gasteiger partial charge in [-0.25, -0.2) is 4.39 Å². The van der Waals surface area contributed by atoms with Crippen LogP contribution in [0.1, 0.15) is 17.2 Å². The van der Waals surface area contributed by atoms with Crippen molar-refractivity contribution in [3.8, 4) is 0 Å². The molecule has 0 aliphatic carbocycles. The topological polar surface area (TPSA) is 32.3 Å². The molecule has 0 saturated heterocycles. The van der Waals surface area contributed by atoms with Crippen molar-refractivity contribution in [1.82, 2.24) is 5.32 Å². The van der Waals surface area contributed by atoms with E-state index in [4.69, 9.17) is 0 Å². The molecule has 0 saturated carbocycles. The molecule has 0 heterocycles. The SMILES string of the molecule is OC[C@H](NCc1ccc(Br)cc1F)c1ccccc1. The van der Waals surface area contributed by atoms with Crippen LogP contribution < -0.4 is 5.32 Å². The van der Waals surface area contributed by atoms with Gasteiger partial charge in [0.15, 0.2) is 0 Å². The maximum absolute atomic E-state index is 13.7. The molecule has 100 valence electrons. The molecule has 4 heteroatoms. The van der Waals surface area contributed by atoms with Gasteiger partial charge in [0.05, 0.1) is 12.6 Å². The quantitative estimate of drug-likeness (QED) is 0.883. The zero-order valence-electron chi connectivity index (χ0n) is 10.3. The van der Waals surface area contributed by atoms with Gasteiger partial charge in [-0.05, 0) is 17.7 Å². The molecule has 1 atom stereocenters. The molecule has 2 rings (SSSR count). The lowest BCUT2D eigenvalue weighted by atomic mass is 10.1. The Morgan fingerprint density at radius 2 is 1.89 bits per heavy atom. The van der Waals surface area contributed by atoms with Gasteiger partial charge in [0.25, 0.3) is 0 Å². The summed E-state index contributed by atoms with van der Waals surface area (Å²) in [6.45, 7) is 0.349. The molecule has 0 aromatic heterocycles. The summed E-state index contributed by atoms with van der Waals surface area (Å²) in [5.74, 6) is -0.258. The van der Waals surface area contributed by atoms with E-state index in [0.29, 0.717) is 12.1 Å². The van der Waals surface area contributed by atoms with Crippen LogP contribution >= 0.6 is 15.9 Å². The van der Waals surface area contributed by atoms with Crippen LogP contribution in [-0.4, -0.2) is 11.7 Å². The van der Waals surface area contributed by atoms with E-state index < -0.39 is 0 Å². The minimum Gasteiger partial charge on any atom is -0.394 e. The number of hydrogen-bond acceptors (Lipinski definition) is 2. The molecule has 0 radical (unpaired) electrons. The summed E-state index contributed by atoms with van der Waals surface area (Å²) in [6.07, 6.45) is 0. The minimum atomic E-state index is -0.258. The smallest absolute Gasteiger partial charge is 0.128 e. The molecule has 2 N–H and O–H groups in total. The Morgan fingerprint density at radius 1 is 1.16 bits per heavy atom. The van der Waals surface area contributed by atoms with E-state index in [2.05, 4.69) is 21.2 Å². The van der Waals surface area contributed by atoms with Crippen LogP contribution in [0.25, 0.3) is 0 Å². The third-order valence-electron chi connectivity index (χ3n) is 2.94. The van der Waals surface area contributed by atoms with E-state index in [0.717, 1.165) is 10.0 Å². The van der Waals surface area contributed by atoms with Crippen molar-refractivity contribution in [2.24, 2.45) is 0 Å². The second-order valence-electron chi connectivity index (χ2n) is 4.26. The highest BCUT2D eigenvalue weighted by Crippen LogP contribution is 2.17. The maximum Gasteiger partial charge on any atom is 0.128 e. The largest absolute Gasteiger partial charge is 0.394 e. The number of rotatable bonds is 5. The lowest BCUT2D eigenvalue weighted by Gasteiger charge is -2.17. The van der Waals surface area contributed by atoms with Crippen molar-refractivity contribution in [1.29, 1.82) is 0 Å². The fourth-order valence-corrected chi connectivity index (χ4v) is 2.20. The number of aliphatic hydroxyl groups is 1. The molecule has 19 heavy (non-hydrogen) atoms. The Labute approximate surface area is 120 Å². The van der Waals surface area contributed by atoms with E-state index in [1.54, 1.807) is 12.1 Å². The van der Waals surface area contributed by atoms with Crippen molar-refractivity contribution in [3.63, 3.8) is 0 Å². The third-order valence-corrected chi connectivity index (χ3v) is 3.43. The summed E-state index contributed by atoms with van der Waals surface area (Å²) in [5.41, 5.74) is 1.57. The summed E-state index contributed by atoms with van der Waals surface area (Å²) in [5, 5.41) is 12.6. The van der Waals surface area contributed by atoms with Crippen molar-refractivity contribution in [2.75, 3.05) is 6.61 Å². The maximum atomic E-state index is 13.7.